The fourth-order valence-electron chi connectivity index (χ4n) is 4.38. The lowest BCUT2D eigenvalue weighted by Gasteiger charge is -2.38. The van der Waals surface area contributed by atoms with Crippen molar-refractivity contribution in [3.8, 4) is 5.75 Å². The number of carbonyl (C=O) groups excluding carboxylic acids is 1. The van der Waals surface area contributed by atoms with Crippen LogP contribution in [0.2, 0.25) is 0 Å². The summed E-state index contributed by atoms with van der Waals surface area (Å²) in [6.45, 7) is 10.9. The van der Waals surface area contributed by atoms with Crippen molar-refractivity contribution in [2.75, 3.05) is 19.6 Å². The number of guanidine groups is 1. The number of likely N-dealkylation sites (tertiary alicyclic amines) is 1. The van der Waals surface area contributed by atoms with Crippen molar-refractivity contribution < 1.29 is 9.53 Å². The molecule has 2 N–H and O–H groups in total. The van der Waals surface area contributed by atoms with Crippen LogP contribution in [-0.2, 0) is 4.79 Å². The maximum absolute atomic E-state index is 12.1. The average molecular weight is 401 g/mol. The molecule has 29 heavy (non-hydrogen) atoms. The molecule has 0 aromatic heterocycles. The molecule has 6 heteroatoms. The fraction of sp³-hybridized carbons (Fsp3) is 0.652. The number of fused-ring (bicyclic) bond motifs is 1. The Hall–Kier alpha value is -2.24. The quantitative estimate of drug-likeness (QED) is 0.542. The van der Waals surface area contributed by atoms with Crippen molar-refractivity contribution in [2.24, 2.45) is 4.99 Å². The highest BCUT2D eigenvalue weighted by molar-refractivity contribution is 5.80. The summed E-state index contributed by atoms with van der Waals surface area (Å²) in [4.78, 5) is 18.9. The molecule has 2 aliphatic heterocycles. The third-order valence-electron chi connectivity index (χ3n) is 5.79. The van der Waals surface area contributed by atoms with Gasteiger partial charge in [0.2, 0.25) is 5.91 Å². The molecule has 1 saturated heterocycles. The Morgan fingerprint density at radius 3 is 2.83 bits per heavy atom. The maximum Gasteiger partial charge on any atom is 0.222 e. The second kappa shape index (κ2) is 9.51. The number of benzene rings is 1. The number of para-hydroxylation sites is 1. The van der Waals surface area contributed by atoms with Crippen molar-refractivity contribution >= 4 is 11.9 Å². The van der Waals surface area contributed by atoms with E-state index in [1.165, 1.54) is 5.56 Å². The van der Waals surface area contributed by atoms with Crippen LogP contribution in [0.4, 0.5) is 0 Å². The first-order valence-electron chi connectivity index (χ1n) is 11.1. The largest absolute Gasteiger partial charge is 0.487 e. The van der Waals surface area contributed by atoms with Crippen LogP contribution >= 0.6 is 0 Å². The number of carbonyl (C=O) groups is 1. The molecule has 1 fully saturated rings. The van der Waals surface area contributed by atoms with Crippen LogP contribution in [0.5, 0.6) is 5.75 Å². The SMILES string of the molecule is CCNC(=NCCC(CC)N1CCCC1=O)NC1CC(C)(C)Oc2ccccc21. The summed E-state index contributed by atoms with van der Waals surface area (Å²) in [5, 5.41) is 6.99. The minimum atomic E-state index is -0.229. The second-order valence-electron chi connectivity index (χ2n) is 8.60. The van der Waals surface area contributed by atoms with E-state index < -0.39 is 0 Å². The standard InChI is InChI=1S/C23H36N4O2/c1-5-17(27-15-9-12-21(27)28)13-14-25-22(24-6-2)26-19-16-23(3,4)29-20-11-8-7-10-18(19)20/h7-8,10-11,17,19H,5-6,9,12-16H2,1-4H3,(H2,24,25,26). The lowest BCUT2D eigenvalue weighted by Crippen LogP contribution is -2.45. The van der Waals surface area contributed by atoms with Gasteiger partial charge in [-0.2, -0.15) is 0 Å². The highest BCUT2D eigenvalue weighted by Crippen LogP contribution is 2.39. The molecule has 0 bridgehead atoms. The number of nitrogens with one attached hydrogen (secondary N) is 2. The van der Waals surface area contributed by atoms with Crippen LogP contribution < -0.4 is 15.4 Å². The van der Waals surface area contributed by atoms with Crippen LogP contribution in [0.25, 0.3) is 0 Å². The number of hydrogen-bond acceptors (Lipinski definition) is 3. The minimum absolute atomic E-state index is 0.148. The third kappa shape index (κ3) is 5.43. The van der Waals surface area contributed by atoms with Gasteiger partial charge in [0, 0.05) is 44.1 Å². The zero-order valence-corrected chi connectivity index (χ0v) is 18.3. The smallest absolute Gasteiger partial charge is 0.222 e. The number of ether oxygens (including phenoxy) is 1. The highest BCUT2D eigenvalue weighted by Gasteiger charge is 2.34. The Kier molecular flexibility index (Phi) is 7.04. The number of nitrogens with zero attached hydrogens (tertiary/aromatic N) is 2. The first-order valence-corrected chi connectivity index (χ1v) is 11.1. The second-order valence-corrected chi connectivity index (χ2v) is 8.60. The predicted octanol–water partition coefficient (Wildman–Crippen LogP) is 3.64. The molecule has 2 unspecified atom stereocenters. The van der Waals surface area contributed by atoms with E-state index in [2.05, 4.69) is 50.5 Å². The molecule has 0 spiro atoms. The van der Waals surface area contributed by atoms with E-state index in [0.29, 0.717) is 24.9 Å². The van der Waals surface area contributed by atoms with Crippen molar-refractivity contribution in [1.29, 1.82) is 0 Å². The van der Waals surface area contributed by atoms with Gasteiger partial charge in [0.15, 0.2) is 5.96 Å². The van der Waals surface area contributed by atoms with E-state index in [1.54, 1.807) is 0 Å². The third-order valence-corrected chi connectivity index (χ3v) is 5.79. The summed E-state index contributed by atoms with van der Waals surface area (Å²) in [6, 6.07) is 8.67. The van der Waals surface area contributed by atoms with Crippen molar-refractivity contribution in [1.82, 2.24) is 15.5 Å². The molecule has 1 aromatic carbocycles. The van der Waals surface area contributed by atoms with Gasteiger partial charge in [0.05, 0.1) is 6.04 Å². The number of hydrogen-bond donors (Lipinski definition) is 2. The molecule has 6 nitrogen and oxygen atoms in total. The lowest BCUT2D eigenvalue weighted by molar-refractivity contribution is -0.129. The molecule has 0 saturated carbocycles. The van der Waals surface area contributed by atoms with E-state index >= 15 is 0 Å². The summed E-state index contributed by atoms with van der Waals surface area (Å²) < 4.78 is 6.15. The van der Waals surface area contributed by atoms with Crippen molar-refractivity contribution in [3.63, 3.8) is 0 Å². The van der Waals surface area contributed by atoms with Crippen LogP contribution in [0.3, 0.4) is 0 Å². The van der Waals surface area contributed by atoms with Gasteiger partial charge in [-0.15, -0.1) is 0 Å². The van der Waals surface area contributed by atoms with Gasteiger partial charge >= 0.3 is 0 Å². The molecule has 160 valence electrons. The molecule has 0 aliphatic carbocycles. The first kappa shape index (κ1) is 21.5. The molecule has 3 rings (SSSR count). The van der Waals surface area contributed by atoms with Crippen molar-refractivity contribution in [3.05, 3.63) is 29.8 Å². The summed E-state index contributed by atoms with van der Waals surface area (Å²) in [5.41, 5.74) is 0.943. The number of rotatable bonds is 7. The number of aliphatic imine (C=N–C) groups is 1. The van der Waals surface area contributed by atoms with Gasteiger partial charge in [-0.1, -0.05) is 25.1 Å². The van der Waals surface area contributed by atoms with Gasteiger partial charge in [-0.3, -0.25) is 9.79 Å². The average Bonchev–Trinajstić information content (AvgIpc) is 3.10. The minimum Gasteiger partial charge on any atom is -0.487 e. The molecule has 1 aromatic rings. The van der Waals surface area contributed by atoms with E-state index in [9.17, 15) is 4.79 Å². The molecule has 2 heterocycles. The van der Waals surface area contributed by atoms with Gasteiger partial charge in [-0.25, -0.2) is 0 Å². The highest BCUT2D eigenvalue weighted by atomic mass is 16.5. The zero-order chi connectivity index (χ0) is 20.9. The van der Waals surface area contributed by atoms with E-state index in [1.807, 2.05) is 17.0 Å². The number of amides is 1. The van der Waals surface area contributed by atoms with Gasteiger partial charge in [0.25, 0.3) is 0 Å². The summed E-state index contributed by atoms with van der Waals surface area (Å²) in [6.07, 6.45) is 4.43. The van der Waals surface area contributed by atoms with Crippen LogP contribution in [0.1, 0.15) is 71.4 Å². The summed E-state index contributed by atoms with van der Waals surface area (Å²) in [5.74, 6) is 2.07. The normalized spacial score (nSPS) is 22.1. The lowest BCUT2D eigenvalue weighted by atomic mass is 9.90. The Balaban J connectivity index is 1.67. The van der Waals surface area contributed by atoms with Gasteiger partial charge in [0.1, 0.15) is 11.4 Å². The summed E-state index contributed by atoms with van der Waals surface area (Å²) >= 11 is 0. The Labute approximate surface area is 175 Å². The van der Waals surface area contributed by atoms with Gasteiger partial charge < -0.3 is 20.3 Å². The first-order chi connectivity index (χ1) is 13.9. The molecule has 1 amide bonds. The zero-order valence-electron chi connectivity index (χ0n) is 18.3. The molecule has 0 radical (unpaired) electrons. The maximum atomic E-state index is 12.1. The predicted molar refractivity (Wildman–Crippen MR) is 117 cm³/mol. The fourth-order valence-corrected chi connectivity index (χ4v) is 4.38. The van der Waals surface area contributed by atoms with Crippen LogP contribution in [0, 0.1) is 0 Å². The van der Waals surface area contributed by atoms with Crippen molar-refractivity contribution in [2.45, 2.75) is 77.5 Å². The van der Waals surface area contributed by atoms with E-state index in [-0.39, 0.29) is 11.6 Å². The van der Waals surface area contributed by atoms with Crippen LogP contribution in [0.15, 0.2) is 29.3 Å². The molecular weight excluding hydrogens is 364 g/mol. The monoisotopic (exact) mass is 400 g/mol. The van der Waals surface area contributed by atoms with Crippen LogP contribution in [-0.4, -0.2) is 48.0 Å². The van der Waals surface area contributed by atoms with E-state index in [4.69, 9.17) is 9.73 Å². The molecule has 2 aliphatic rings. The Morgan fingerprint density at radius 2 is 2.14 bits per heavy atom. The molecule has 2 atom stereocenters. The van der Waals surface area contributed by atoms with E-state index in [0.717, 1.165) is 50.5 Å². The Morgan fingerprint density at radius 1 is 1.34 bits per heavy atom. The topological polar surface area (TPSA) is 66.0 Å². The van der Waals surface area contributed by atoms with Gasteiger partial charge in [-0.05, 0) is 46.1 Å². The Bertz CT molecular complexity index is 731. The summed E-state index contributed by atoms with van der Waals surface area (Å²) in [7, 11) is 0. The molecular formula is C23H36N4O2.